The van der Waals surface area contributed by atoms with Gasteiger partial charge in [0.15, 0.2) is 0 Å². The molecule has 2 aliphatic rings. The van der Waals surface area contributed by atoms with Crippen molar-refractivity contribution in [3.05, 3.63) is 41.1 Å². The molecule has 17 heavy (non-hydrogen) atoms. The van der Waals surface area contributed by atoms with E-state index in [1.807, 2.05) is 0 Å². The van der Waals surface area contributed by atoms with Crippen molar-refractivity contribution in [2.75, 3.05) is 3.11 Å². The minimum atomic E-state index is 0.216. The lowest BCUT2D eigenvalue weighted by atomic mass is 9.70. The highest BCUT2D eigenvalue weighted by molar-refractivity contribution is 14.1. The molecule has 1 heterocycles. The second kappa shape index (κ2) is 4.01. The van der Waals surface area contributed by atoms with Crippen LogP contribution in [0.5, 0.6) is 0 Å². The van der Waals surface area contributed by atoms with E-state index in [9.17, 15) is 0 Å². The Hall–Kier alpha value is -0.510. The maximum atomic E-state index is 2.47. The normalized spacial score (nSPS) is 22.2. The van der Waals surface area contributed by atoms with Crippen molar-refractivity contribution < 1.29 is 0 Å². The number of allylic oxidation sites excluding steroid dienone is 2. The van der Waals surface area contributed by atoms with Gasteiger partial charge in [0.25, 0.3) is 0 Å². The highest BCUT2D eigenvalue weighted by atomic mass is 127. The van der Waals surface area contributed by atoms with Gasteiger partial charge < -0.3 is 0 Å². The second-order valence-electron chi connectivity index (χ2n) is 5.56. The van der Waals surface area contributed by atoms with E-state index in [0.717, 1.165) is 0 Å². The molecule has 1 aromatic carbocycles. The Morgan fingerprint density at radius 2 is 1.82 bits per heavy atom. The first-order valence-corrected chi connectivity index (χ1v) is 7.37. The summed E-state index contributed by atoms with van der Waals surface area (Å²) in [5.41, 5.74) is 6.32. The SMILES string of the molecule is CC1(C)C2=C(CCCC2)N(I)c2ccccc21. The first-order valence-electron chi connectivity index (χ1n) is 6.40. The van der Waals surface area contributed by atoms with E-state index < -0.39 is 0 Å². The molecular weight excluding hydrogens is 321 g/mol. The van der Waals surface area contributed by atoms with Crippen LogP contribution in [0.3, 0.4) is 0 Å². The first kappa shape index (κ1) is 11.6. The van der Waals surface area contributed by atoms with Crippen molar-refractivity contribution >= 4 is 28.6 Å². The number of halogens is 1. The molecule has 1 nitrogen and oxygen atoms in total. The minimum absolute atomic E-state index is 0.216. The number of fused-ring (bicyclic) bond motifs is 1. The first-order chi connectivity index (χ1) is 8.12. The van der Waals surface area contributed by atoms with E-state index in [1.165, 1.54) is 36.9 Å². The Morgan fingerprint density at radius 1 is 1.12 bits per heavy atom. The topological polar surface area (TPSA) is 3.24 Å². The van der Waals surface area contributed by atoms with E-state index >= 15 is 0 Å². The number of hydrogen-bond donors (Lipinski definition) is 0. The minimum Gasteiger partial charge on any atom is -0.287 e. The molecule has 1 aliphatic carbocycles. The second-order valence-corrected chi connectivity index (χ2v) is 6.52. The van der Waals surface area contributed by atoms with Crippen LogP contribution in [0.2, 0.25) is 0 Å². The van der Waals surface area contributed by atoms with Gasteiger partial charge in [0.05, 0.1) is 28.6 Å². The molecule has 0 N–H and O–H groups in total. The summed E-state index contributed by atoms with van der Waals surface area (Å²) in [7, 11) is 0. The van der Waals surface area contributed by atoms with Crippen molar-refractivity contribution in [1.29, 1.82) is 0 Å². The predicted octanol–water partition coefficient (Wildman–Crippen LogP) is 4.96. The van der Waals surface area contributed by atoms with Gasteiger partial charge in [0.1, 0.15) is 0 Å². The zero-order valence-corrected chi connectivity index (χ0v) is 12.6. The lowest BCUT2D eigenvalue weighted by Crippen LogP contribution is -2.33. The number of anilines is 1. The third-order valence-corrected chi connectivity index (χ3v) is 5.32. The van der Waals surface area contributed by atoms with Crippen LogP contribution < -0.4 is 3.11 Å². The average Bonchev–Trinajstić information content (AvgIpc) is 2.37. The third-order valence-electron chi connectivity index (χ3n) is 4.22. The number of para-hydroxylation sites is 1. The molecule has 0 unspecified atom stereocenters. The molecule has 0 saturated carbocycles. The van der Waals surface area contributed by atoms with Gasteiger partial charge in [-0.2, -0.15) is 0 Å². The van der Waals surface area contributed by atoms with Crippen LogP contribution in [0.4, 0.5) is 5.69 Å². The summed E-state index contributed by atoms with van der Waals surface area (Å²) >= 11 is 2.47. The molecule has 0 aromatic heterocycles. The highest BCUT2D eigenvalue weighted by Crippen LogP contribution is 2.50. The average molecular weight is 339 g/mol. The molecule has 0 radical (unpaired) electrons. The molecule has 0 spiro atoms. The molecule has 0 atom stereocenters. The van der Waals surface area contributed by atoms with E-state index in [-0.39, 0.29) is 5.41 Å². The zero-order valence-electron chi connectivity index (χ0n) is 10.5. The van der Waals surface area contributed by atoms with Crippen molar-refractivity contribution in [2.24, 2.45) is 0 Å². The van der Waals surface area contributed by atoms with Crippen LogP contribution >= 0.6 is 22.9 Å². The maximum Gasteiger partial charge on any atom is 0.0643 e. The fourth-order valence-corrected chi connectivity index (χ4v) is 4.21. The molecule has 3 rings (SSSR count). The maximum absolute atomic E-state index is 2.47. The van der Waals surface area contributed by atoms with Crippen LogP contribution in [0.15, 0.2) is 35.5 Å². The van der Waals surface area contributed by atoms with E-state index in [1.54, 1.807) is 11.3 Å². The van der Waals surface area contributed by atoms with Crippen molar-refractivity contribution in [3.63, 3.8) is 0 Å². The molecule has 0 fully saturated rings. The summed E-state index contributed by atoms with van der Waals surface area (Å²) < 4.78 is 2.40. The Kier molecular flexibility index (Phi) is 2.73. The summed E-state index contributed by atoms with van der Waals surface area (Å²) in [6.45, 7) is 4.77. The Labute approximate surface area is 117 Å². The van der Waals surface area contributed by atoms with E-state index in [2.05, 4.69) is 64.1 Å². The number of hydrogen-bond acceptors (Lipinski definition) is 1. The standard InChI is InChI=1S/C15H18IN/c1-15(2)11-7-3-5-9-13(11)17(16)14-10-6-4-8-12(14)15/h3,5,7,9H,4,6,8,10H2,1-2H3. The van der Waals surface area contributed by atoms with Crippen molar-refractivity contribution in [2.45, 2.75) is 44.9 Å². The van der Waals surface area contributed by atoms with Crippen molar-refractivity contribution in [3.8, 4) is 0 Å². The van der Waals surface area contributed by atoms with Crippen LogP contribution in [0.1, 0.15) is 45.1 Å². The summed E-state index contributed by atoms with van der Waals surface area (Å²) in [6.07, 6.45) is 5.22. The summed E-state index contributed by atoms with van der Waals surface area (Å²) in [4.78, 5) is 0. The lowest BCUT2D eigenvalue weighted by Gasteiger charge is -2.43. The largest absolute Gasteiger partial charge is 0.287 e. The van der Waals surface area contributed by atoms with Gasteiger partial charge in [-0.15, -0.1) is 0 Å². The molecule has 0 amide bonds. The number of rotatable bonds is 0. The van der Waals surface area contributed by atoms with Gasteiger partial charge in [0, 0.05) is 11.1 Å². The smallest absolute Gasteiger partial charge is 0.0643 e. The van der Waals surface area contributed by atoms with Crippen LogP contribution in [0, 0.1) is 0 Å². The van der Waals surface area contributed by atoms with Gasteiger partial charge in [-0.1, -0.05) is 32.0 Å². The molecular formula is C15H18IN. The zero-order chi connectivity index (χ0) is 12.0. The summed E-state index contributed by atoms with van der Waals surface area (Å²) in [5, 5.41) is 0. The quantitative estimate of drug-likeness (QED) is 0.477. The van der Waals surface area contributed by atoms with E-state index in [4.69, 9.17) is 0 Å². The van der Waals surface area contributed by atoms with Gasteiger partial charge >= 0.3 is 0 Å². The molecule has 2 heteroatoms. The third kappa shape index (κ3) is 1.64. The van der Waals surface area contributed by atoms with Gasteiger partial charge in [-0.25, -0.2) is 0 Å². The molecule has 0 bridgehead atoms. The van der Waals surface area contributed by atoms with Gasteiger partial charge in [-0.3, -0.25) is 3.11 Å². The molecule has 0 saturated heterocycles. The van der Waals surface area contributed by atoms with Gasteiger partial charge in [0.2, 0.25) is 0 Å². The monoisotopic (exact) mass is 339 g/mol. The summed E-state index contributed by atoms with van der Waals surface area (Å²) in [5.74, 6) is 0. The van der Waals surface area contributed by atoms with Crippen LogP contribution in [-0.4, -0.2) is 0 Å². The molecule has 1 aromatic rings. The van der Waals surface area contributed by atoms with Crippen molar-refractivity contribution in [1.82, 2.24) is 0 Å². The molecule has 90 valence electrons. The summed E-state index contributed by atoms with van der Waals surface area (Å²) in [6, 6.07) is 8.86. The Morgan fingerprint density at radius 3 is 2.65 bits per heavy atom. The Balaban J connectivity index is 2.22. The Bertz CT molecular complexity index is 487. The number of benzene rings is 1. The lowest BCUT2D eigenvalue weighted by molar-refractivity contribution is 0.523. The number of nitrogens with zero attached hydrogens (tertiary/aromatic N) is 1. The molecule has 1 aliphatic heterocycles. The predicted molar refractivity (Wildman–Crippen MR) is 81.5 cm³/mol. The fourth-order valence-electron chi connectivity index (χ4n) is 3.26. The fraction of sp³-hybridized carbons (Fsp3) is 0.467. The van der Waals surface area contributed by atoms with Crippen LogP contribution in [0.25, 0.3) is 0 Å². The van der Waals surface area contributed by atoms with E-state index in [0.29, 0.717) is 0 Å². The van der Waals surface area contributed by atoms with Crippen LogP contribution in [-0.2, 0) is 5.41 Å². The van der Waals surface area contributed by atoms with Gasteiger partial charge in [-0.05, 0) is 42.9 Å². The highest BCUT2D eigenvalue weighted by Gasteiger charge is 2.37.